The van der Waals surface area contributed by atoms with Gasteiger partial charge in [0.05, 0.1) is 12.8 Å². The molecule has 4 aromatic rings. The van der Waals surface area contributed by atoms with Crippen molar-refractivity contribution >= 4 is 17.4 Å². The van der Waals surface area contributed by atoms with Crippen LogP contribution >= 0.6 is 11.8 Å². The fourth-order valence-corrected chi connectivity index (χ4v) is 4.25. The molecule has 31 heavy (non-hydrogen) atoms. The molecule has 4 rings (SSSR count). The monoisotopic (exact) mass is 435 g/mol. The van der Waals surface area contributed by atoms with Gasteiger partial charge in [0, 0.05) is 30.1 Å². The van der Waals surface area contributed by atoms with Gasteiger partial charge in [-0.15, -0.1) is 10.2 Å². The number of thioether (sulfide) groups is 1. The molecular weight excluding hydrogens is 410 g/mol. The summed E-state index contributed by atoms with van der Waals surface area (Å²) in [6, 6.07) is 13.3. The first-order valence-corrected chi connectivity index (χ1v) is 11.3. The number of hydrogen-bond acceptors (Lipinski definition) is 6. The van der Waals surface area contributed by atoms with E-state index in [9.17, 15) is 4.79 Å². The molecule has 0 fully saturated rings. The van der Waals surface area contributed by atoms with Crippen LogP contribution in [0.15, 0.2) is 58.6 Å². The van der Waals surface area contributed by atoms with E-state index in [4.69, 9.17) is 9.72 Å². The first kappa shape index (κ1) is 21.1. The summed E-state index contributed by atoms with van der Waals surface area (Å²) in [6.07, 6.45) is 3.85. The highest BCUT2D eigenvalue weighted by atomic mass is 32.2. The topological polar surface area (TPSA) is 74.3 Å². The number of methoxy groups -OCH3 is 1. The number of pyridine rings is 1. The molecular formula is C23H25N5O2S. The Balaban J connectivity index is 1.62. The second-order valence-corrected chi connectivity index (χ2v) is 8.24. The van der Waals surface area contributed by atoms with Crippen LogP contribution in [0, 0.1) is 6.92 Å². The molecule has 0 spiro atoms. The predicted octanol–water partition coefficient (Wildman–Crippen LogP) is 4.36. The van der Waals surface area contributed by atoms with E-state index in [-0.39, 0.29) is 5.56 Å². The molecule has 1 aromatic carbocycles. The van der Waals surface area contributed by atoms with Crippen LogP contribution in [0.5, 0.6) is 5.75 Å². The van der Waals surface area contributed by atoms with Gasteiger partial charge >= 0.3 is 0 Å². The number of fused-ring (bicyclic) bond motifs is 1. The van der Waals surface area contributed by atoms with Crippen LogP contribution in [-0.4, -0.2) is 31.3 Å². The molecule has 0 aliphatic heterocycles. The number of aromatic nitrogens is 5. The summed E-state index contributed by atoms with van der Waals surface area (Å²) in [7, 11) is 1.65. The quantitative estimate of drug-likeness (QED) is 0.383. The van der Waals surface area contributed by atoms with Gasteiger partial charge in [-0.05, 0) is 49.2 Å². The minimum Gasteiger partial charge on any atom is -0.497 e. The summed E-state index contributed by atoms with van der Waals surface area (Å²) in [4.78, 5) is 17.2. The molecule has 0 bridgehead atoms. The average molecular weight is 436 g/mol. The largest absolute Gasteiger partial charge is 0.497 e. The molecule has 0 N–H and O–H groups in total. The lowest BCUT2D eigenvalue weighted by molar-refractivity contribution is 0.415. The molecule has 0 aliphatic rings. The molecule has 0 saturated heterocycles. The Kier molecular flexibility index (Phi) is 6.36. The first-order chi connectivity index (χ1) is 15.1. The molecule has 3 heterocycles. The summed E-state index contributed by atoms with van der Waals surface area (Å²) >= 11 is 1.55. The van der Waals surface area contributed by atoms with Crippen LogP contribution in [0.4, 0.5) is 0 Å². The zero-order valence-electron chi connectivity index (χ0n) is 17.9. The average Bonchev–Trinajstić information content (AvgIpc) is 3.19. The van der Waals surface area contributed by atoms with Crippen molar-refractivity contribution in [3.8, 4) is 17.1 Å². The van der Waals surface area contributed by atoms with Crippen LogP contribution in [-0.2, 0) is 12.3 Å². The summed E-state index contributed by atoms with van der Waals surface area (Å²) in [6.45, 7) is 4.96. The van der Waals surface area contributed by atoms with Crippen molar-refractivity contribution in [2.75, 3.05) is 7.11 Å². The second-order valence-electron chi connectivity index (χ2n) is 7.30. The predicted molar refractivity (Wildman–Crippen MR) is 123 cm³/mol. The van der Waals surface area contributed by atoms with Gasteiger partial charge in [-0.3, -0.25) is 9.20 Å². The summed E-state index contributed by atoms with van der Waals surface area (Å²) in [5, 5.41) is 9.72. The normalized spacial score (nSPS) is 11.2. The summed E-state index contributed by atoms with van der Waals surface area (Å²) in [5.74, 6) is 2.19. The Morgan fingerprint density at radius 3 is 2.68 bits per heavy atom. The number of aryl methyl sites for hydroxylation is 1. The number of ether oxygens (including phenoxy) is 1. The lowest BCUT2D eigenvalue weighted by Gasteiger charge is -2.10. The molecule has 0 amide bonds. The van der Waals surface area contributed by atoms with Gasteiger partial charge in [0.15, 0.2) is 11.0 Å². The van der Waals surface area contributed by atoms with Crippen LogP contribution < -0.4 is 10.3 Å². The molecule has 0 aliphatic carbocycles. The van der Waals surface area contributed by atoms with Gasteiger partial charge in [0.2, 0.25) is 0 Å². The van der Waals surface area contributed by atoms with E-state index < -0.39 is 0 Å². The molecule has 0 saturated carbocycles. The Morgan fingerprint density at radius 2 is 1.94 bits per heavy atom. The highest BCUT2D eigenvalue weighted by Gasteiger charge is 2.15. The van der Waals surface area contributed by atoms with Crippen molar-refractivity contribution < 1.29 is 4.74 Å². The van der Waals surface area contributed by atoms with Crippen molar-refractivity contribution in [2.45, 2.75) is 44.1 Å². The third-order valence-electron chi connectivity index (χ3n) is 5.09. The van der Waals surface area contributed by atoms with E-state index in [1.165, 1.54) is 0 Å². The molecule has 3 aromatic heterocycles. The van der Waals surface area contributed by atoms with Gasteiger partial charge in [-0.1, -0.05) is 31.2 Å². The number of hydrogen-bond donors (Lipinski definition) is 0. The van der Waals surface area contributed by atoms with Gasteiger partial charge in [0.1, 0.15) is 11.4 Å². The van der Waals surface area contributed by atoms with Gasteiger partial charge in [-0.2, -0.15) is 0 Å². The molecule has 0 atom stereocenters. The van der Waals surface area contributed by atoms with Crippen LogP contribution in [0.1, 0.15) is 31.0 Å². The molecule has 160 valence electrons. The summed E-state index contributed by atoms with van der Waals surface area (Å²) in [5.41, 5.74) is 3.32. The number of nitrogens with zero attached hydrogens (tertiary/aromatic N) is 5. The van der Waals surface area contributed by atoms with E-state index in [0.717, 1.165) is 52.9 Å². The molecule has 0 radical (unpaired) electrons. The van der Waals surface area contributed by atoms with Crippen molar-refractivity contribution in [2.24, 2.45) is 0 Å². The van der Waals surface area contributed by atoms with Crippen molar-refractivity contribution in [1.29, 1.82) is 0 Å². The Hall–Kier alpha value is -3.13. The highest BCUT2D eigenvalue weighted by molar-refractivity contribution is 7.98. The minimum absolute atomic E-state index is 0.0735. The fourth-order valence-electron chi connectivity index (χ4n) is 3.39. The van der Waals surface area contributed by atoms with Crippen molar-refractivity contribution in [1.82, 2.24) is 24.1 Å². The summed E-state index contributed by atoms with van der Waals surface area (Å²) < 4.78 is 8.99. The number of rotatable bonds is 8. The van der Waals surface area contributed by atoms with Gasteiger partial charge in [-0.25, -0.2) is 4.98 Å². The van der Waals surface area contributed by atoms with E-state index in [2.05, 4.69) is 21.7 Å². The Bertz CT molecular complexity index is 1250. The lowest BCUT2D eigenvalue weighted by Crippen LogP contribution is -2.15. The standard InChI is InChI=1S/C23H25N5O2S/c1-4-5-12-28-22(17-8-10-19(30-3)11-9-17)25-26-23(28)31-15-18-14-20(29)27-13-6-7-16(2)21(27)24-18/h6-11,13-14H,4-5,12,15H2,1-3H3. The third-order valence-corrected chi connectivity index (χ3v) is 6.09. The number of benzene rings is 1. The molecule has 0 unspecified atom stereocenters. The zero-order chi connectivity index (χ0) is 21.8. The maximum atomic E-state index is 12.5. The Labute approximate surface area is 185 Å². The molecule has 8 heteroatoms. The van der Waals surface area contributed by atoms with E-state index in [0.29, 0.717) is 11.4 Å². The third kappa shape index (κ3) is 4.49. The van der Waals surface area contributed by atoms with Crippen LogP contribution in [0.2, 0.25) is 0 Å². The Morgan fingerprint density at radius 1 is 1.13 bits per heavy atom. The SMILES string of the molecule is CCCCn1c(SCc2cc(=O)n3cccc(C)c3n2)nnc1-c1ccc(OC)cc1. The minimum atomic E-state index is -0.0735. The first-order valence-electron chi connectivity index (χ1n) is 10.3. The van der Waals surface area contributed by atoms with E-state index in [1.807, 2.05) is 43.3 Å². The van der Waals surface area contributed by atoms with Crippen LogP contribution in [0.3, 0.4) is 0 Å². The maximum Gasteiger partial charge on any atom is 0.258 e. The number of unbranched alkanes of at least 4 members (excludes halogenated alkanes) is 1. The van der Waals surface area contributed by atoms with Crippen molar-refractivity contribution in [3.05, 3.63) is 70.3 Å². The molecule has 7 nitrogen and oxygen atoms in total. The van der Waals surface area contributed by atoms with E-state index >= 15 is 0 Å². The van der Waals surface area contributed by atoms with E-state index in [1.54, 1.807) is 35.5 Å². The van der Waals surface area contributed by atoms with Crippen molar-refractivity contribution in [3.63, 3.8) is 0 Å². The second kappa shape index (κ2) is 9.34. The lowest BCUT2D eigenvalue weighted by atomic mass is 10.2. The smallest absolute Gasteiger partial charge is 0.258 e. The van der Waals surface area contributed by atoms with Gasteiger partial charge in [0.25, 0.3) is 5.56 Å². The van der Waals surface area contributed by atoms with Gasteiger partial charge < -0.3 is 9.30 Å². The zero-order valence-corrected chi connectivity index (χ0v) is 18.7. The highest BCUT2D eigenvalue weighted by Crippen LogP contribution is 2.27. The maximum absolute atomic E-state index is 12.5. The fraction of sp³-hybridized carbons (Fsp3) is 0.304. The van der Waals surface area contributed by atoms with Crippen LogP contribution in [0.25, 0.3) is 17.0 Å².